The summed E-state index contributed by atoms with van der Waals surface area (Å²) in [4.78, 5) is 23.9. The van der Waals surface area contributed by atoms with Crippen LogP contribution in [-0.2, 0) is 19.5 Å². The van der Waals surface area contributed by atoms with Gasteiger partial charge in [0.15, 0.2) is 0 Å². The molecule has 0 radical (unpaired) electrons. The summed E-state index contributed by atoms with van der Waals surface area (Å²) >= 11 is 0. The van der Waals surface area contributed by atoms with E-state index in [0.717, 1.165) is 0 Å². The second-order valence-corrected chi connectivity index (χ2v) is 5.15. The van der Waals surface area contributed by atoms with E-state index in [1.54, 1.807) is 6.92 Å². The number of amides is 1. The zero-order valence-corrected chi connectivity index (χ0v) is 11.7. The highest BCUT2D eigenvalue weighted by molar-refractivity contribution is 7.89. The van der Waals surface area contributed by atoms with Crippen molar-refractivity contribution in [2.45, 2.75) is 11.8 Å². The summed E-state index contributed by atoms with van der Waals surface area (Å²) in [5, 5.41) is 0. The number of sulfonamides is 1. The van der Waals surface area contributed by atoms with Crippen LogP contribution in [0.25, 0.3) is 0 Å². The first-order chi connectivity index (χ1) is 9.40. The fraction of sp³-hybridized carbons (Fsp3) is 0.273. The molecule has 0 saturated carbocycles. The van der Waals surface area contributed by atoms with E-state index in [9.17, 15) is 18.0 Å². The third kappa shape index (κ3) is 4.21. The lowest BCUT2D eigenvalue weighted by Gasteiger charge is -2.08. The zero-order chi connectivity index (χ0) is 15.2. The minimum absolute atomic E-state index is 0.112. The van der Waals surface area contributed by atoms with Crippen LogP contribution >= 0.6 is 0 Å². The second-order valence-electron chi connectivity index (χ2n) is 3.47. The number of esters is 1. The molecule has 20 heavy (non-hydrogen) atoms. The van der Waals surface area contributed by atoms with E-state index in [1.807, 2.05) is 10.3 Å². The van der Waals surface area contributed by atoms with Gasteiger partial charge in [0.25, 0.3) is 10.0 Å². The Bertz CT molecular complexity index is 581. The Balaban J connectivity index is 2.78. The maximum absolute atomic E-state index is 11.8. The maximum atomic E-state index is 11.8. The second kappa shape index (κ2) is 6.87. The molecule has 0 aliphatic rings. The van der Waals surface area contributed by atoms with Crippen molar-refractivity contribution in [3.05, 3.63) is 29.8 Å². The van der Waals surface area contributed by atoms with Gasteiger partial charge in [-0.1, -0.05) is 0 Å². The summed E-state index contributed by atoms with van der Waals surface area (Å²) in [7, 11) is -2.72. The van der Waals surface area contributed by atoms with Gasteiger partial charge in [-0.3, -0.25) is 0 Å². The third-order valence-electron chi connectivity index (χ3n) is 2.15. The fourth-order valence-electron chi connectivity index (χ4n) is 1.22. The lowest BCUT2D eigenvalue weighted by atomic mass is 10.2. The molecule has 1 aromatic carbocycles. The van der Waals surface area contributed by atoms with E-state index in [4.69, 9.17) is 0 Å². The molecule has 1 aromatic rings. The molecule has 110 valence electrons. The molecule has 0 aliphatic heterocycles. The number of hydrogen-bond acceptors (Lipinski definition) is 6. The van der Waals surface area contributed by atoms with Gasteiger partial charge in [-0.25, -0.2) is 23.4 Å². The lowest BCUT2D eigenvalue weighted by molar-refractivity contribution is 0.0600. The van der Waals surface area contributed by atoms with E-state index in [2.05, 4.69) is 9.47 Å². The summed E-state index contributed by atoms with van der Waals surface area (Å²) in [5.74, 6) is -0.577. The van der Waals surface area contributed by atoms with E-state index < -0.39 is 22.1 Å². The number of benzene rings is 1. The largest absolute Gasteiger partial charge is 0.465 e. The Morgan fingerprint density at radius 2 is 1.80 bits per heavy atom. The molecule has 0 unspecified atom stereocenters. The van der Waals surface area contributed by atoms with Crippen LogP contribution in [0.1, 0.15) is 17.3 Å². The van der Waals surface area contributed by atoms with Crippen LogP contribution in [0.5, 0.6) is 0 Å². The number of hydrazine groups is 1. The van der Waals surface area contributed by atoms with E-state index in [0.29, 0.717) is 0 Å². The maximum Gasteiger partial charge on any atom is 0.422 e. The van der Waals surface area contributed by atoms with Crippen LogP contribution in [0.3, 0.4) is 0 Å². The third-order valence-corrected chi connectivity index (χ3v) is 3.41. The molecule has 0 bridgehead atoms. The van der Waals surface area contributed by atoms with Crippen molar-refractivity contribution in [3.8, 4) is 0 Å². The monoisotopic (exact) mass is 302 g/mol. The van der Waals surface area contributed by atoms with Crippen LogP contribution in [-0.4, -0.2) is 34.2 Å². The highest BCUT2D eigenvalue weighted by Gasteiger charge is 2.16. The van der Waals surface area contributed by atoms with Crippen LogP contribution in [0, 0.1) is 0 Å². The molecule has 1 rings (SSSR count). The van der Waals surface area contributed by atoms with Gasteiger partial charge in [0.2, 0.25) is 0 Å². The smallest absolute Gasteiger partial charge is 0.422 e. The summed E-state index contributed by atoms with van der Waals surface area (Å²) < 4.78 is 32.6. The normalized spacial score (nSPS) is 10.7. The number of carbonyl (C=O) groups is 2. The number of carbonyl (C=O) groups excluding carboxylic acids is 2. The average molecular weight is 302 g/mol. The summed E-state index contributed by atoms with van der Waals surface area (Å²) in [6, 6.07) is 5.01. The first-order valence-electron chi connectivity index (χ1n) is 5.53. The molecule has 0 saturated heterocycles. The van der Waals surface area contributed by atoms with Gasteiger partial charge >= 0.3 is 12.1 Å². The summed E-state index contributed by atoms with van der Waals surface area (Å²) in [6.45, 7) is 1.70. The van der Waals surface area contributed by atoms with Crippen molar-refractivity contribution in [2.24, 2.45) is 0 Å². The predicted molar refractivity (Wildman–Crippen MR) is 68.3 cm³/mol. The van der Waals surface area contributed by atoms with Crippen molar-refractivity contribution < 1.29 is 27.5 Å². The average Bonchev–Trinajstić information content (AvgIpc) is 2.45. The first-order valence-corrected chi connectivity index (χ1v) is 7.02. The van der Waals surface area contributed by atoms with Crippen LogP contribution in [0.2, 0.25) is 0 Å². The SMILES string of the molecule is CCOC(=O)NNS(=O)(=O)c1ccc(C(=O)OC)cc1. The molecule has 9 heteroatoms. The summed E-state index contributed by atoms with van der Waals surface area (Å²) in [5.41, 5.74) is 2.09. The first kappa shape index (κ1) is 15.9. The number of rotatable bonds is 5. The van der Waals surface area contributed by atoms with Crippen LogP contribution < -0.4 is 10.3 Å². The van der Waals surface area contributed by atoms with Gasteiger partial charge in [0.1, 0.15) is 0 Å². The highest BCUT2D eigenvalue weighted by Crippen LogP contribution is 2.10. The van der Waals surface area contributed by atoms with Gasteiger partial charge in [-0.15, -0.1) is 4.83 Å². The Labute approximate surface area is 116 Å². The lowest BCUT2D eigenvalue weighted by Crippen LogP contribution is -2.41. The Morgan fingerprint density at radius 3 is 2.30 bits per heavy atom. The molecule has 0 fully saturated rings. The van der Waals surface area contributed by atoms with Crippen LogP contribution in [0.15, 0.2) is 29.2 Å². The molecule has 1 amide bonds. The summed E-state index contributed by atoms with van der Waals surface area (Å²) in [6.07, 6.45) is -0.915. The highest BCUT2D eigenvalue weighted by atomic mass is 32.2. The van der Waals surface area contributed by atoms with Crippen molar-refractivity contribution in [1.29, 1.82) is 0 Å². The number of methoxy groups -OCH3 is 1. The van der Waals surface area contributed by atoms with E-state index >= 15 is 0 Å². The van der Waals surface area contributed by atoms with E-state index in [1.165, 1.54) is 31.4 Å². The molecular weight excluding hydrogens is 288 g/mol. The minimum atomic E-state index is -3.94. The molecule has 0 spiro atoms. The standard InChI is InChI=1S/C11H14N2O6S/c1-3-19-11(15)12-13-20(16,17)9-6-4-8(5-7-9)10(14)18-2/h4-7,13H,3H2,1-2H3,(H,12,15). The van der Waals surface area contributed by atoms with E-state index in [-0.39, 0.29) is 17.1 Å². The number of nitrogens with one attached hydrogen (secondary N) is 2. The van der Waals surface area contributed by atoms with Crippen molar-refractivity contribution in [2.75, 3.05) is 13.7 Å². The molecule has 0 aliphatic carbocycles. The van der Waals surface area contributed by atoms with Crippen LogP contribution in [0.4, 0.5) is 4.79 Å². The quantitative estimate of drug-likeness (QED) is 0.602. The van der Waals surface area contributed by atoms with Crippen molar-refractivity contribution in [1.82, 2.24) is 10.3 Å². The fourth-order valence-corrected chi connectivity index (χ4v) is 2.05. The Hall–Kier alpha value is -2.13. The van der Waals surface area contributed by atoms with Crippen molar-refractivity contribution >= 4 is 22.1 Å². The van der Waals surface area contributed by atoms with Gasteiger partial charge in [0, 0.05) is 0 Å². The molecule has 2 N–H and O–H groups in total. The zero-order valence-electron chi connectivity index (χ0n) is 10.9. The van der Waals surface area contributed by atoms with Gasteiger partial charge < -0.3 is 9.47 Å². The topological polar surface area (TPSA) is 111 Å². The number of hydrogen-bond donors (Lipinski definition) is 2. The molecule has 8 nitrogen and oxygen atoms in total. The van der Waals surface area contributed by atoms with Gasteiger partial charge in [-0.05, 0) is 31.2 Å². The predicted octanol–water partition coefficient (Wildman–Crippen LogP) is 0.413. The van der Waals surface area contributed by atoms with Gasteiger partial charge in [0.05, 0.1) is 24.2 Å². The molecule has 0 heterocycles. The van der Waals surface area contributed by atoms with Gasteiger partial charge in [-0.2, -0.15) is 0 Å². The molecule has 0 aromatic heterocycles. The number of ether oxygens (including phenoxy) is 2. The minimum Gasteiger partial charge on any atom is -0.465 e. The molecule has 0 atom stereocenters. The van der Waals surface area contributed by atoms with Crippen molar-refractivity contribution in [3.63, 3.8) is 0 Å². The Kier molecular flexibility index (Phi) is 5.47. The Morgan fingerprint density at radius 1 is 1.20 bits per heavy atom. The molecular formula is C11H14N2O6S.